The Kier molecular flexibility index (Phi) is 5.84. The van der Waals surface area contributed by atoms with Gasteiger partial charge in [0.2, 0.25) is 5.91 Å². The zero-order valence-corrected chi connectivity index (χ0v) is 19.1. The molecule has 2 heterocycles. The van der Waals surface area contributed by atoms with Crippen LogP contribution in [0.15, 0.2) is 83.5 Å². The molecule has 0 aliphatic heterocycles. The number of benzene rings is 3. The predicted octanol–water partition coefficient (Wildman–Crippen LogP) is 5.36. The highest BCUT2D eigenvalue weighted by Crippen LogP contribution is 2.40. The number of rotatable bonds is 8. The monoisotopic (exact) mass is 468 g/mol. The van der Waals surface area contributed by atoms with E-state index in [2.05, 4.69) is 4.57 Å². The van der Waals surface area contributed by atoms with E-state index in [1.807, 2.05) is 48.5 Å². The first-order chi connectivity index (χ1) is 17.0. The van der Waals surface area contributed by atoms with Gasteiger partial charge in [-0.15, -0.1) is 0 Å². The predicted molar refractivity (Wildman–Crippen MR) is 133 cm³/mol. The van der Waals surface area contributed by atoms with Crippen molar-refractivity contribution < 1.29 is 23.8 Å². The molecule has 0 bridgehead atoms. The van der Waals surface area contributed by atoms with E-state index in [1.165, 1.54) is 0 Å². The summed E-state index contributed by atoms with van der Waals surface area (Å²) in [7, 11) is 0. The molecule has 7 nitrogen and oxygen atoms in total. The number of nitrogens with zero attached hydrogens (tertiary/aromatic N) is 1. The lowest BCUT2D eigenvalue weighted by Crippen LogP contribution is -2.16. The molecule has 2 aromatic heterocycles. The third kappa shape index (κ3) is 3.96. The van der Waals surface area contributed by atoms with E-state index in [0.717, 1.165) is 16.6 Å². The minimum absolute atomic E-state index is 0.203. The number of carboxylic acids is 1. The fourth-order valence-corrected chi connectivity index (χ4v) is 4.69. The Balaban J connectivity index is 1.94. The standard InChI is InChI=1S/C28H24N2O5/c1-2-34-26(28(32)33)20-14-18(23-12-7-13-35-23)15-22-25(20)24-19(27(29)31)10-6-11-21(24)30(22)16-17-8-4-3-5-9-17/h3-15,26H,2,16H2,1H3,(H2,29,31)(H,32,33). The van der Waals surface area contributed by atoms with E-state index >= 15 is 0 Å². The van der Waals surface area contributed by atoms with Crippen molar-refractivity contribution in [2.45, 2.75) is 19.6 Å². The van der Waals surface area contributed by atoms with Crippen LogP contribution in [0.25, 0.3) is 33.1 Å². The Bertz CT molecular complexity index is 1530. The molecule has 1 unspecified atom stereocenters. The highest BCUT2D eigenvalue weighted by Gasteiger charge is 2.28. The molecule has 0 aliphatic rings. The molecular formula is C28H24N2O5. The van der Waals surface area contributed by atoms with Crippen molar-refractivity contribution in [3.8, 4) is 11.3 Å². The van der Waals surface area contributed by atoms with Gasteiger partial charge < -0.3 is 24.6 Å². The third-order valence-corrected chi connectivity index (χ3v) is 6.12. The van der Waals surface area contributed by atoms with Gasteiger partial charge in [0.05, 0.1) is 17.3 Å². The Hall–Kier alpha value is -4.36. The van der Waals surface area contributed by atoms with Gasteiger partial charge >= 0.3 is 5.97 Å². The number of nitrogens with two attached hydrogens (primary N) is 1. The van der Waals surface area contributed by atoms with Gasteiger partial charge in [-0.2, -0.15) is 0 Å². The molecule has 1 atom stereocenters. The zero-order chi connectivity index (χ0) is 24.5. The van der Waals surface area contributed by atoms with Crippen molar-refractivity contribution in [2.75, 3.05) is 6.61 Å². The number of carboxylic acid groups (broad SMARTS) is 1. The maximum absolute atomic E-state index is 12.5. The van der Waals surface area contributed by atoms with Crippen LogP contribution in [0, 0.1) is 0 Å². The number of aromatic nitrogens is 1. The van der Waals surface area contributed by atoms with Crippen LogP contribution in [0.2, 0.25) is 0 Å². The van der Waals surface area contributed by atoms with E-state index in [4.69, 9.17) is 14.9 Å². The van der Waals surface area contributed by atoms with Gasteiger partial charge in [0.1, 0.15) is 5.76 Å². The van der Waals surface area contributed by atoms with Crippen LogP contribution in [0.3, 0.4) is 0 Å². The molecule has 5 aromatic rings. The van der Waals surface area contributed by atoms with E-state index in [0.29, 0.717) is 39.8 Å². The van der Waals surface area contributed by atoms with E-state index in [9.17, 15) is 14.7 Å². The molecule has 35 heavy (non-hydrogen) atoms. The molecule has 1 amide bonds. The molecular weight excluding hydrogens is 444 g/mol. The highest BCUT2D eigenvalue weighted by atomic mass is 16.5. The minimum atomic E-state index is -1.24. The molecule has 0 spiro atoms. The second-order valence-corrected chi connectivity index (χ2v) is 8.25. The summed E-state index contributed by atoms with van der Waals surface area (Å²) in [5, 5.41) is 11.3. The Morgan fingerprint density at radius 1 is 1.00 bits per heavy atom. The fraction of sp³-hybridized carbons (Fsp3) is 0.143. The van der Waals surface area contributed by atoms with Crippen molar-refractivity contribution in [2.24, 2.45) is 5.73 Å². The van der Waals surface area contributed by atoms with Crippen molar-refractivity contribution in [1.82, 2.24) is 4.57 Å². The number of aliphatic carboxylic acids is 1. The first-order valence-electron chi connectivity index (χ1n) is 11.3. The Morgan fingerprint density at radius 3 is 2.46 bits per heavy atom. The second-order valence-electron chi connectivity index (χ2n) is 8.25. The number of carbonyl (C=O) groups is 2. The molecule has 0 fully saturated rings. The topological polar surface area (TPSA) is 108 Å². The molecule has 0 aliphatic carbocycles. The second kappa shape index (κ2) is 9.12. The fourth-order valence-electron chi connectivity index (χ4n) is 4.69. The normalized spacial score (nSPS) is 12.3. The smallest absolute Gasteiger partial charge is 0.337 e. The number of furan rings is 1. The first-order valence-corrected chi connectivity index (χ1v) is 11.3. The van der Waals surface area contributed by atoms with Crippen LogP contribution in [0.5, 0.6) is 0 Å². The van der Waals surface area contributed by atoms with Crippen LogP contribution in [-0.4, -0.2) is 28.2 Å². The van der Waals surface area contributed by atoms with E-state index in [-0.39, 0.29) is 6.61 Å². The molecule has 7 heteroatoms. The summed E-state index contributed by atoms with van der Waals surface area (Å²) in [5.41, 5.74) is 9.84. The van der Waals surface area contributed by atoms with Gasteiger partial charge in [0.15, 0.2) is 6.10 Å². The quantitative estimate of drug-likeness (QED) is 0.319. The van der Waals surface area contributed by atoms with Crippen molar-refractivity contribution >= 4 is 33.7 Å². The van der Waals surface area contributed by atoms with Gasteiger partial charge in [-0.3, -0.25) is 4.79 Å². The number of hydrogen-bond donors (Lipinski definition) is 2. The zero-order valence-electron chi connectivity index (χ0n) is 19.1. The van der Waals surface area contributed by atoms with Crippen molar-refractivity contribution in [3.05, 3.63) is 95.7 Å². The molecule has 0 saturated heterocycles. The summed E-state index contributed by atoms with van der Waals surface area (Å²) in [6.45, 7) is 2.46. The maximum Gasteiger partial charge on any atom is 0.337 e. The van der Waals surface area contributed by atoms with Crippen molar-refractivity contribution in [1.29, 1.82) is 0 Å². The summed E-state index contributed by atoms with van der Waals surface area (Å²) in [6, 6.07) is 22.6. The third-order valence-electron chi connectivity index (χ3n) is 6.12. The number of amides is 1. The number of primary amides is 1. The lowest BCUT2D eigenvalue weighted by Gasteiger charge is -2.16. The van der Waals surface area contributed by atoms with Gasteiger partial charge in [0, 0.05) is 40.6 Å². The summed E-state index contributed by atoms with van der Waals surface area (Å²) >= 11 is 0. The molecule has 3 aromatic carbocycles. The van der Waals surface area contributed by atoms with Crippen LogP contribution in [-0.2, 0) is 16.1 Å². The molecule has 0 radical (unpaired) electrons. The number of ether oxygens (including phenoxy) is 1. The van der Waals surface area contributed by atoms with Crippen LogP contribution < -0.4 is 5.73 Å². The van der Waals surface area contributed by atoms with Crippen LogP contribution >= 0.6 is 0 Å². The highest BCUT2D eigenvalue weighted by molar-refractivity contribution is 6.20. The lowest BCUT2D eigenvalue weighted by molar-refractivity contribution is -0.150. The molecule has 176 valence electrons. The SMILES string of the molecule is CCOC(C(=O)O)c1cc(-c2ccco2)cc2c1c1c(C(N)=O)cccc1n2Cc1ccccc1. The summed E-state index contributed by atoms with van der Waals surface area (Å²) in [5.74, 6) is -1.11. The van der Waals surface area contributed by atoms with Gasteiger partial charge in [0.25, 0.3) is 0 Å². The number of fused-ring (bicyclic) bond motifs is 3. The summed E-state index contributed by atoms with van der Waals surface area (Å²) < 4.78 is 13.4. The summed E-state index contributed by atoms with van der Waals surface area (Å²) in [4.78, 5) is 24.8. The lowest BCUT2D eigenvalue weighted by atomic mass is 9.96. The van der Waals surface area contributed by atoms with Gasteiger partial charge in [-0.05, 0) is 48.9 Å². The van der Waals surface area contributed by atoms with Crippen molar-refractivity contribution in [3.63, 3.8) is 0 Å². The average molecular weight is 469 g/mol. The number of hydrogen-bond acceptors (Lipinski definition) is 4. The largest absolute Gasteiger partial charge is 0.479 e. The first kappa shape index (κ1) is 22.4. The van der Waals surface area contributed by atoms with E-state index in [1.54, 1.807) is 37.5 Å². The minimum Gasteiger partial charge on any atom is -0.479 e. The van der Waals surface area contributed by atoms with E-state index < -0.39 is 18.0 Å². The molecule has 3 N–H and O–H groups in total. The molecule has 5 rings (SSSR count). The Morgan fingerprint density at radius 2 is 1.80 bits per heavy atom. The summed E-state index contributed by atoms with van der Waals surface area (Å²) in [6.07, 6.45) is 0.329. The Labute approximate surface area is 201 Å². The van der Waals surface area contributed by atoms with Gasteiger partial charge in [-0.25, -0.2) is 4.79 Å². The average Bonchev–Trinajstić information content (AvgIpc) is 3.50. The van der Waals surface area contributed by atoms with Crippen LogP contribution in [0.4, 0.5) is 0 Å². The molecule has 0 saturated carbocycles. The van der Waals surface area contributed by atoms with Crippen LogP contribution in [0.1, 0.15) is 34.5 Å². The number of carbonyl (C=O) groups excluding carboxylic acids is 1. The maximum atomic E-state index is 12.5. The van der Waals surface area contributed by atoms with Gasteiger partial charge in [-0.1, -0.05) is 36.4 Å².